The molecule has 7 nitrogen and oxygen atoms in total. The minimum absolute atomic E-state index is 0.248. The Hall–Kier alpha value is -2.14. The van der Waals surface area contributed by atoms with Crippen LogP contribution in [0, 0.1) is 17.3 Å². The number of benzene rings is 1. The third kappa shape index (κ3) is 4.25. The van der Waals surface area contributed by atoms with Crippen LogP contribution >= 0.6 is 0 Å². The molecule has 2 amide bonds. The number of sulfonamides is 1. The molecule has 4 aliphatic rings. The number of nitrogens with two attached hydrogens (primary N) is 1. The van der Waals surface area contributed by atoms with Crippen molar-refractivity contribution in [3.63, 3.8) is 0 Å². The lowest BCUT2D eigenvalue weighted by Gasteiger charge is -2.61. The molecule has 4 aliphatic carbocycles. The number of primary amides is 1. The molecule has 4 saturated carbocycles. The molecule has 5 rings (SSSR count). The fraction of sp³-hybridized carbons (Fsp3) is 0.636. The fourth-order valence-corrected chi connectivity index (χ4v) is 8.07. The van der Waals surface area contributed by atoms with Crippen LogP contribution in [0.3, 0.4) is 0 Å². The van der Waals surface area contributed by atoms with E-state index in [4.69, 9.17) is 5.73 Å². The van der Waals surface area contributed by atoms with Gasteiger partial charge in [0.1, 0.15) is 5.54 Å². The number of carbonyl (C=O) groups excluding carboxylic acids is 2. The van der Waals surface area contributed by atoms with E-state index < -0.39 is 49.1 Å². The van der Waals surface area contributed by atoms with E-state index in [-0.39, 0.29) is 17.7 Å². The Kier molecular flexibility index (Phi) is 5.40. The number of alkyl halides is 3. The first-order valence-electron chi connectivity index (χ1n) is 10.9. The molecule has 182 valence electrons. The van der Waals surface area contributed by atoms with Crippen LogP contribution in [0.2, 0.25) is 0 Å². The van der Waals surface area contributed by atoms with Crippen molar-refractivity contribution in [1.82, 2.24) is 10.0 Å². The second-order valence-electron chi connectivity index (χ2n) is 10.6. The summed E-state index contributed by atoms with van der Waals surface area (Å²) >= 11 is 0. The van der Waals surface area contributed by atoms with Gasteiger partial charge in [0.25, 0.3) is 0 Å². The maximum Gasteiger partial charge on any atom is 0.417 e. The molecule has 2 atom stereocenters. The van der Waals surface area contributed by atoms with Crippen LogP contribution in [0.1, 0.15) is 57.9 Å². The Morgan fingerprint density at radius 1 is 1.06 bits per heavy atom. The van der Waals surface area contributed by atoms with Crippen molar-refractivity contribution in [3.8, 4) is 0 Å². The second-order valence-corrected chi connectivity index (χ2v) is 12.2. The van der Waals surface area contributed by atoms with Crippen LogP contribution in [-0.4, -0.2) is 31.3 Å². The normalized spacial score (nSPS) is 31.4. The summed E-state index contributed by atoms with van der Waals surface area (Å²) in [6, 6.07) is 3.83. The number of nitrogens with one attached hydrogen (secondary N) is 2. The molecule has 11 heteroatoms. The number of rotatable bonds is 6. The molecule has 4 fully saturated rings. The standard InChI is InChI=1S/C22H28F3N3O4S/c1-19(2,28-33(31,32)16-6-4-3-5-15(16)22(23,24)25)18(30)27-21-10-13-7-14(11-21)9-20(8-13,12-21)17(26)29/h3-6,13-14,28H,7-12H2,1-2H3,(H2,26,29)(H,27,30). The zero-order valence-electron chi connectivity index (χ0n) is 18.5. The second kappa shape index (κ2) is 7.43. The Bertz CT molecular complexity index is 1090. The highest BCUT2D eigenvalue weighted by atomic mass is 32.2. The van der Waals surface area contributed by atoms with Gasteiger partial charge in [-0.25, -0.2) is 8.42 Å². The van der Waals surface area contributed by atoms with Gasteiger partial charge in [0.05, 0.1) is 15.9 Å². The maximum absolute atomic E-state index is 13.4. The number of hydrogen-bond acceptors (Lipinski definition) is 4. The highest BCUT2D eigenvalue weighted by molar-refractivity contribution is 7.89. The topological polar surface area (TPSA) is 118 Å². The van der Waals surface area contributed by atoms with Crippen LogP contribution in [-0.2, 0) is 25.8 Å². The fourth-order valence-electron chi connectivity index (χ4n) is 6.47. The van der Waals surface area contributed by atoms with Crippen LogP contribution in [0.5, 0.6) is 0 Å². The molecule has 1 aromatic carbocycles. The smallest absolute Gasteiger partial charge is 0.369 e. The van der Waals surface area contributed by atoms with Gasteiger partial charge in [-0.2, -0.15) is 17.9 Å². The number of amides is 2. The lowest BCUT2D eigenvalue weighted by Crippen LogP contribution is -2.68. The van der Waals surface area contributed by atoms with E-state index in [0.29, 0.717) is 38.2 Å². The molecular formula is C22H28F3N3O4S. The third-order valence-electron chi connectivity index (χ3n) is 7.40. The first-order valence-corrected chi connectivity index (χ1v) is 12.4. The summed E-state index contributed by atoms with van der Waals surface area (Å²) in [5.41, 5.74) is 1.33. The largest absolute Gasteiger partial charge is 0.417 e. The molecule has 4 N–H and O–H groups in total. The van der Waals surface area contributed by atoms with Crippen LogP contribution in [0.15, 0.2) is 29.2 Å². The number of halogens is 3. The number of hydrogen-bond donors (Lipinski definition) is 3. The van der Waals surface area contributed by atoms with E-state index in [1.54, 1.807) is 0 Å². The minimum atomic E-state index is -4.87. The van der Waals surface area contributed by atoms with Gasteiger partial charge in [0, 0.05) is 5.54 Å². The molecule has 1 aromatic rings. The Labute approximate surface area is 190 Å². The van der Waals surface area contributed by atoms with Gasteiger partial charge in [0.15, 0.2) is 0 Å². The summed E-state index contributed by atoms with van der Waals surface area (Å²) < 4.78 is 67.9. The van der Waals surface area contributed by atoms with Crippen molar-refractivity contribution in [1.29, 1.82) is 0 Å². The Morgan fingerprint density at radius 2 is 1.64 bits per heavy atom. The van der Waals surface area contributed by atoms with Crippen molar-refractivity contribution in [2.24, 2.45) is 23.0 Å². The van der Waals surface area contributed by atoms with Gasteiger partial charge in [-0.05, 0) is 76.3 Å². The predicted molar refractivity (Wildman–Crippen MR) is 113 cm³/mol. The SMILES string of the molecule is CC(C)(NS(=O)(=O)c1ccccc1C(F)(F)F)C(=O)NC12CC3CC(C1)CC(C(N)=O)(C3)C2. The Morgan fingerprint density at radius 3 is 2.18 bits per heavy atom. The van der Waals surface area contributed by atoms with E-state index in [0.717, 1.165) is 18.6 Å². The molecule has 0 saturated heterocycles. The van der Waals surface area contributed by atoms with Crippen LogP contribution in [0.4, 0.5) is 13.2 Å². The molecule has 4 bridgehead atoms. The molecule has 0 spiro atoms. The highest BCUT2D eigenvalue weighted by Gasteiger charge is 2.61. The Balaban J connectivity index is 1.57. The average Bonchev–Trinajstić information content (AvgIpc) is 2.65. The zero-order chi connectivity index (χ0) is 24.4. The predicted octanol–water partition coefficient (Wildman–Crippen LogP) is 2.70. The van der Waals surface area contributed by atoms with E-state index in [2.05, 4.69) is 10.0 Å². The van der Waals surface area contributed by atoms with Crippen molar-refractivity contribution in [2.75, 3.05) is 0 Å². The van der Waals surface area contributed by atoms with Crippen molar-refractivity contribution in [3.05, 3.63) is 29.8 Å². The molecule has 0 radical (unpaired) electrons. The van der Waals surface area contributed by atoms with Gasteiger partial charge in [0.2, 0.25) is 21.8 Å². The number of carbonyl (C=O) groups is 2. The summed E-state index contributed by atoms with van der Waals surface area (Å²) in [6.45, 7) is 2.61. The van der Waals surface area contributed by atoms with Crippen molar-refractivity contribution < 1.29 is 31.2 Å². The minimum Gasteiger partial charge on any atom is -0.369 e. The summed E-state index contributed by atoms with van der Waals surface area (Å²) in [5, 5.41) is 2.97. The quantitative estimate of drug-likeness (QED) is 0.572. The van der Waals surface area contributed by atoms with E-state index in [1.807, 2.05) is 0 Å². The van der Waals surface area contributed by atoms with Gasteiger partial charge in [-0.3, -0.25) is 9.59 Å². The van der Waals surface area contributed by atoms with Crippen LogP contribution in [0.25, 0.3) is 0 Å². The highest BCUT2D eigenvalue weighted by Crippen LogP contribution is 2.61. The molecule has 33 heavy (non-hydrogen) atoms. The van der Waals surface area contributed by atoms with Gasteiger partial charge in [-0.15, -0.1) is 0 Å². The summed E-state index contributed by atoms with van der Waals surface area (Å²) in [7, 11) is -4.67. The molecule has 0 heterocycles. The molecule has 2 unspecified atom stereocenters. The van der Waals surface area contributed by atoms with Crippen molar-refractivity contribution in [2.45, 2.75) is 74.5 Å². The lowest BCUT2D eigenvalue weighted by atomic mass is 9.46. The van der Waals surface area contributed by atoms with Gasteiger partial charge >= 0.3 is 6.18 Å². The summed E-state index contributed by atoms with van der Waals surface area (Å²) in [6.07, 6.45) is -0.778. The maximum atomic E-state index is 13.4. The first kappa shape index (κ1) is 24.0. The summed E-state index contributed by atoms with van der Waals surface area (Å²) in [5.74, 6) is -0.536. The lowest BCUT2D eigenvalue weighted by molar-refractivity contribution is -0.151. The average molecular weight is 488 g/mol. The van der Waals surface area contributed by atoms with Crippen LogP contribution < -0.4 is 15.8 Å². The third-order valence-corrected chi connectivity index (χ3v) is 9.12. The van der Waals surface area contributed by atoms with Gasteiger partial charge in [-0.1, -0.05) is 12.1 Å². The monoisotopic (exact) mass is 487 g/mol. The molecule has 0 aromatic heterocycles. The molecular weight excluding hydrogens is 459 g/mol. The van der Waals surface area contributed by atoms with E-state index >= 15 is 0 Å². The van der Waals surface area contributed by atoms with Crippen molar-refractivity contribution >= 4 is 21.8 Å². The zero-order valence-corrected chi connectivity index (χ0v) is 19.3. The van der Waals surface area contributed by atoms with E-state index in [9.17, 15) is 31.2 Å². The van der Waals surface area contributed by atoms with Gasteiger partial charge < -0.3 is 11.1 Å². The summed E-state index contributed by atoms with van der Waals surface area (Å²) in [4.78, 5) is 24.6. The molecule has 0 aliphatic heterocycles. The van der Waals surface area contributed by atoms with E-state index in [1.165, 1.54) is 19.9 Å². The first-order chi connectivity index (χ1) is 15.1.